The number of pyridine rings is 2. The molecular weight excluding hydrogens is 432 g/mol. The minimum Gasteiger partial charge on any atom is -0.494 e. The minimum atomic E-state index is -0.271. The second kappa shape index (κ2) is 9.11. The highest BCUT2D eigenvalue weighted by Crippen LogP contribution is 2.34. The lowest BCUT2D eigenvalue weighted by atomic mass is 10.0. The molecule has 5 rings (SSSR count). The number of aromatic nitrogens is 4. The first kappa shape index (κ1) is 21.8. The Bertz CT molecular complexity index is 1340. The fourth-order valence-corrected chi connectivity index (χ4v) is 4.22. The van der Waals surface area contributed by atoms with Gasteiger partial charge in [-0.15, -0.1) is 0 Å². The van der Waals surface area contributed by atoms with E-state index in [1.165, 1.54) is 0 Å². The normalized spacial score (nSPS) is 13.8. The molecule has 0 bridgehead atoms. The maximum atomic E-state index is 13.0. The summed E-state index contributed by atoms with van der Waals surface area (Å²) in [4.78, 5) is 31.9. The third kappa shape index (κ3) is 4.29. The molecule has 1 amide bonds. The Kier molecular flexibility index (Phi) is 5.85. The van der Waals surface area contributed by atoms with Crippen LogP contribution < -0.4 is 15.0 Å². The minimum absolute atomic E-state index is 0.271. The van der Waals surface area contributed by atoms with E-state index in [0.29, 0.717) is 41.5 Å². The molecule has 4 aromatic rings. The summed E-state index contributed by atoms with van der Waals surface area (Å²) >= 11 is 0. The van der Waals surface area contributed by atoms with Crippen molar-refractivity contribution in [3.8, 4) is 16.9 Å². The van der Waals surface area contributed by atoms with E-state index in [1.807, 2.05) is 38.1 Å². The van der Waals surface area contributed by atoms with Gasteiger partial charge in [-0.1, -0.05) is 0 Å². The van der Waals surface area contributed by atoms with E-state index in [9.17, 15) is 4.79 Å². The molecule has 174 valence electrons. The van der Waals surface area contributed by atoms with Gasteiger partial charge in [-0.2, -0.15) is 0 Å². The molecule has 1 aliphatic heterocycles. The van der Waals surface area contributed by atoms with Gasteiger partial charge in [0.2, 0.25) is 5.95 Å². The van der Waals surface area contributed by atoms with Crippen molar-refractivity contribution >= 4 is 28.7 Å². The van der Waals surface area contributed by atoms with E-state index >= 15 is 0 Å². The first-order valence-electron chi connectivity index (χ1n) is 11.1. The Morgan fingerprint density at radius 3 is 2.59 bits per heavy atom. The lowest BCUT2D eigenvalue weighted by Gasteiger charge is -2.27. The standard InChI is InChI=1S/C25H26N6O3/c1-15-12-18(13-16(2)27-15)19-4-5-20(33-3)23-22(19)28-25(29-23)30-24(32)17-6-7-26-21(14-17)31-8-10-34-11-9-31/h4-7,12-14H,8-11H2,1-3H3,(H2,28,29,30,32). The van der Waals surface area contributed by atoms with Crippen molar-refractivity contribution in [1.82, 2.24) is 19.9 Å². The number of fused-ring (bicyclic) bond motifs is 1. The summed E-state index contributed by atoms with van der Waals surface area (Å²) in [6, 6.07) is 11.4. The number of ether oxygens (including phenoxy) is 2. The smallest absolute Gasteiger partial charge is 0.258 e. The maximum Gasteiger partial charge on any atom is 0.258 e. The number of H-pyrrole nitrogens is 1. The first-order valence-corrected chi connectivity index (χ1v) is 11.1. The van der Waals surface area contributed by atoms with E-state index < -0.39 is 0 Å². The third-order valence-electron chi connectivity index (χ3n) is 5.79. The number of anilines is 2. The number of rotatable bonds is 5. The van der Waals surface area contributed by atoms with Crippen molar-refractivity contribution in [2.75, 3.05) is 43.6 Å². The van der Waals surface area contributed by atoms with Crippen molar-refractivity contribution in [3.63, 3.8) is 0 Å². The molecule has 0 aliphatic carbocycles. The third-order valence-corrected chi connectivity index (χ3v) is 5.79. The SMILES string of the molecule is COc1ccc(-c2cc(C)nc(C)c2)c2nc(NC(=O)c3ccnc(N4CCOCC4)c3)[nH]c12. The maximum absolute atomic E-state index is 13.0. The topological polar surface area (TPSA) is 105 Å². The molecule has 1 aliphatic rings. The molecule has 34 heavy (non-hydrogen) atoms. The lowest BCUT2D eigenvalue weighted by molar-refractivity contribution is 0.102. The van der Waals surface area contributed by atoms with E-state index in [4.69, 9.17) is 14.5 Å². The fraction of sp³-hybridized carbons (Fsp3) is 0.280. The fourth-order valence-electron chi connectivity index (χ4n) is 4.22. The van der Waals surface area contributed by atoms with Gasteiger partial charge in [0.15, 0.2) is 0 Å². The van der Waals surface area contributed by atoms with Gasteiger partial charge >= 0.3 is 0 Å². The molecule has 0 radical (unpaired) electrons. The van der Waals surface area contributed by atoms with Gasteiger partial charge in [-0.25, -0.2) is 9.97 Å². The average molecular weight is 459 g/mol. The Morgan fingerprint density at radius 1 is 1.09 bits per heavy atom. The molecule has 0 saturated carbocycles. The number of aromatic amines is 1. The van der Waals surface area contributed by atoms with Crippen LogP contribution in [0.2, 0.25) is 0 Å². The predicted octanol–water partition coefficient (Wildman–Crippen LogP) is 3.73. The van der Waals surface area contributed by atoms with Gasteiger partial charge in [0, 0.05) is 41.8 Å². The molecule has 9 heteroatoms. The number of carbonyl (C=O) groups excluding carboxylic acids is 1. The van der Waals surface area contributed by atoms with Crippen molar-refractivity contribution in [3.05, 3.63) is 59.5 Å². The number of amides is 1. The van der Waals surface area contributed by atoms with Crippen LogP contribution >= 0.6 is 0 Å². The van der Waals surface area contributed by atoms with Crippen LogP contribution in [0.3, 0.4) is 0 Å². The summed E-state index contributed by atoms with van der Waals surface area (Å²) in [5, 5.41) is 2.89. The quantitative estimate of drug-likeness (QED) is 0.469. The second-order valence-corrected chi connectivity index (χ2v) is 8.22. The molecule has 0 spiro atoms. The number of hydrogen-bond acceptors (Lipinski definition) is 7. The van der Waals surface area contributed by atoms with Crippen LogP contribution in [0.15, 0.2) is 42.6 Å². The van der Waals surface area contributed by atoms with Crippen LogP contribution in [-0.4, -0.2) is 59.3 Å². The molecule has 1 fully saturated rings. The Labute approximate surface area is 197 Å². The summed E-state index contributed by atoms with van der Waals surface area (Å²) in [6.07, 6.45) is 1.65. The molecule has 9 nitrogen and oxygen atoms in total. The number of imidazole rings is 1. The van der Waals surface area contributed by atoms with E-state index in [0.717, 1.165) is 41.4 Å². The van der Waals surface area contributed by atoms with E-state index in [-0.39, 0.29) is 5.91 Å². The van der Waals surface area contributed by atoms with Crippen LogP contribution in [0.5, 0.6) is 5.75 Å². The van der Waals surface area contributed by atoms with Crippen LogP contribution in [0.1, 0.15) is 21.7 Å². The molecule has 1 saturated heterocycles. The second-order valence-electron chi connectivity index (χ2n) is 8.22. The molecule has 3 aromatic heterocycles. The van der Waals surface area contributed by atoms with Gasteiger partial charge in [0.05, 0.1) is 20.3 Å². The monoisotopic (exact) mass is 458 g/mol. The van der Waals surface area contributed by atoms with E-state index in [2.05, 4.69) is 25.2 Å². The van der Waals surface area contributed by atoms with Gasteiger partial charge < -0.3 is 19.4 Å². The van der Waals surface area contributed by atoms with Gasteiger partial charge in [0.1, 0.15) is 22.6 Å². The largest absolute Gasteiger partial charge is 0.494 e. The van der Waals surface area contributed by atoms with Crippen molar-refractivity contribution in [2.24, 2.45) is 0 Å². The van der Waals surface area contributed by atoms with Crippen LogP contribution in [-0.2, 0) is 4.74 Å². The summed E-state index contributed by atoms with van der Waals surface area (Å²) in [5.74, 6) is 1.48. The Morgan fingerprint density at radius 2 is 1.85 bits per heavy atom. The van der Waals surface area contributed by atoms with Crippen LogP contribution in [0.4, 0.5) is 11.8 Å². The summed E-state index contributed by atoms with van der Waals surface area (Å²) in [7, 11) is 1.61. The highest BCUT2D eigenvalue weighted by Gasteiger charge is 2.18. The zero-order chi connectivity index (χ0) is 23.7. The van der Waals surface area contributed by atoms with Crippen LogP contribution in [0.25, 0.3) is 22.2 Å². The number of carbonyl (C=O) groups is 1. The summed E-state index contributed by atoms with van der Waals surface area (Å²) in [6.45, 7) is 6.73. The number of morpholine rings is 1. The lowest BCUT2D eigenvalue weighted by Crippen LogP contribution is -2.36. The molecule has 0 unspecified atom stereocenters. The number of hydrogen-bond donors (Lipinski definition) is 2. The van der Waals surface area contributed by atoms with Gasteiger partial charge in [0.25, 0.3) is 5.91 Å². The number of nitrogens with one attached hydrogen (secondary N) is 2. The Hall–Kier alpha value is -3.98. The molecule has 4 heterocycles. The number of nitrogens with zero attached hydrogens (tertiary/aromatic N) is 4. The Balaban J connectivity index is 1.47. The summed E-state index contributed by atoms with van der Waals surface area (Å²) < 4.78 is 10.9. The molecule has 0 atom stereocenters. The highest BCUT2D eigenvalue weighted by atomic mass is 16.5. The van der Waals surface area contributed by atoms with Crippen molar-refractivity contribution in [1.29, 1.82) is 0 Å². The average Bonchev–Trinajstić information content (AvgIpc) is 3.27. The highest BCUT2D eigenvalue weighted by molar-refractivity contribution is 6.05. The zero-order valence-electron chi connectivity index (χ0n) is 19.4. The van der Waals surface area contributed by atoms with Crippen LogP contribution in [0, 0.1) is 13.8 Å². The van der Waals surface area contributed by atoms with Gasteiger partial charge in [-0.3, -0.25) is 15.1 Å². The van der Waals surface area contributed by atoms with Gasteiger partial charge in [-0.05, 0) is 55.8 Å². The predicted molar refractivity (Wildman–Crippen MR) is 131 cm³/mol. The summed E-state index contributed by atoms with van der Waals surface area (Å²) in [5.41, 5.74) is 5.72. The van der Waals surface area contributed by atoms with Crippen molar-refractivity contribution in [2.45, 2.75) is 13.8 Å². The molecule has 1 aromatic carbocycles. The van der Waals surface area contributed by atoms with Crippen molar-refractivity contribution < 1.29 is 14.3 Å². The number of aryl methyl sites for hydroxylation is 2. The van der Waals surface area contributed by atoms with E-state index in [1.54, 1.807) is 25.4 Å². The zero-order valence-corrected chi connectivity index (χ0v) is 19.4. The first-order chi connectivity index (χ1) is 16.5. The number of benzene rings is 1. The molecule has 2 N–H and O–H groups in total. The molecular formula is C25H26N6O3. The number of methoxy groups -OCH3 is 1.